The SMILES string of the molecule is CNC1CCN(c2ccncc2NC(=O)c2c(N)nn3cc(Cl)cnc23)CC1.N#CCc1cnc2c(C(=O)Nc3cnccc3N3CCNCC3)c(N)nn2c1.N#CCc1cnc2c(C(=O)Nc3cnccc3N3CCOC(CN)C3)c(N)nn2c1.Nc1nn2cc(Cl)cnc2c1C(=O)Nc1cnccc1N1CCC(N)CC1.Nc1nn2cc(Cl)cnc2c1C(=O)Nc1cnccc1N1CCNCC1. The van der Waals surface area contributed by atoms with E-state index in [1.54, 1.807) is 99.1 Å². The minimum Gasteiger partial charge on any atom is -0.381 e. The van der Waals surface area contributed by atoms with E-state index in [4.69, 9.17) is 90.2 Å². The number of rotatable bonds is 19. The number of fused-ring (bicyclic) bond motifs is 5. The van der Waals surface area contributed by atoms with Gasteiger partial charge in [-0.05, 0) is 63.1 Å². The first-order valence-electron chi connectivity index (χ1n) is 44.0. The van der Waals surface area contributed by atoms with E-state index < -0.39 is 23.6 Å². The normalized spacial score (nSPS) is 15.1. The monoisotopic (exact) mass is 1940 g/mol. The molecule has 0 saturated carbocycles. The van der Waals surface area contributed by atoms with Crippen LogP contribution >= 0.6 is 34.8 Å². The zero-order valence-electron chi connectivity index (χ0n) is 74.9. The Morgan fingerprint density at radius 2 is 0.683 bits per heavy atom. The number of halogens is 3. The first-order valence-corrected chi connectivity index (χ1v) is 45.2. The molecule has 1 unspecified atom stereocenters. The molecule has 5 amide bonds. The molecule has 0 aromatic carbocycles. The lowest BCUT2D eigenvalue weighted by Crippen LogP contribution is -2.46. The van der Waals surface area contributed by atoms with E-state index in [0.717, 1.165) is 133 Å². The molecule has 0 aliphatic carbocycles. The van der Waals surface area contributed by atoms with Crippen LogP contribution in [-0.4, -0.2) is 257 Å². The van der Waals surface area contributed by atoms with E-state index in [9.17, 15) is 24.0 Å². The number of morpholine rings is 1. The average Bonchev–Trinajstić information content (AvgIpc) is 1.65. The van der Waals surface area contributed by atoms with Crippen LogP contribution in [0.5, 0.6) is 0 Å². The molecule has 139 heavy (non-hydrogen) atoms. The highest BCUT2D eigenvalue weighted by Gasteiger charge is 2.32. The fourth-order valence-corrected chi connectivity index (χ4v) is 16.8. The van der Waals surface area contributed by atoms with Gasteiger partial charge in [0.1, 0.15) is 27.8 Å². The van der Waals surface area contributed by atoms with E-state index in [1.165, 1.54) is 47.4 Å². The predicted octanol–water partition coefficient (Wildman–Crippen LogP) is 4.99. The Morgan fingerprint density at radius 1 is 0.403 bits per heavy atom. The third kappa shape index (κ3) is 22.3. The molecule has 51 heteroatoms. The number of carbonyl (C=O) groups excluding carboxylic acids is 5. The smallest absolute Gasteiger partial charge is 0.263 e. The second-order valence-electron chi connectivity index (χ2n) is 32.3. The van der Waals surface area contributed by atoms with Gasteiger partial charge in [0.05, 0.1) is 159 Å². The predicted molar refractivity (Wildman–Crippen MR) is 527 cm³/mol. The first-order chi connectivity index (χ1) is 67.5. The van der Waals surface area contributed by atoms with E-state index in [1.807, 2.05) is 37.4 Å². The van der Waals surface area contributed by atoms with Crippen LogP contribution in [0.3, 0.4) is 0 Å². The minimum atomic E-state index is -0.444. The molecule has 0 radical (unpaired) electrons. The Balaban J connectivity index is 0.000000126. The number of hydrogen-bond acceptors (Lipinski definition) is 38. The highest BCUT2D eigenvalue weighted by atomic mass is 35.5. The van der Waals surface area contributed by atoms with Crippen LogP contribution in [0.2, 0.25) is 15.1 Å². The van der Waals surface area contributed by atoms with Gasteiger partial charge in [0.2, 0.25) is 0 Å². The van der Waals surface area contributed by atoms with E-state index in [2.05, 4.69) is 155 Å². The molecule has 20 heterocycles. The molecule has 5 saturated heterocycles. The largest absolute Gasteiger partial charge is 0.381 e. The number of amides is 5. The number of nitrogens with zero attached hydrogens (tertiary/aromatic N) is 27. The highest BCUT2D eigenvalue weighted by molar-refractivity contribution is 6.31. The fraction of sp³-hybridized carbons (Fsp3) is 0.295. The van der Waals surface area contributed by atoms with Crippen molar-refractivity contribution in [2.45, 2.75) is 56.7 Å². The van der Waals surface area contributed by atoms with Gasteiger partial charge in [-0.1, -0.05) is 34.8 Å². The molecule has 48 nitrogen and oxygen atoms in total. The number of carbonyl (C=O) groups is 5. The van der Waals surface area contributed by atoms with Gasteiger partial charge >= 0.3 is 0 Å². The van der Waals surface area contributed by atoms with Crippen molar-refractivity contribution in [1.29, 1.82) is 10.5 Å². The summed E-state index contributed by atoms with van der Waals surface area (Å²) in [6.45, 7) is 12.6. The van der Waals surface area contributed by atoms with Crippen molar-refractivity contribution in [1.82, 2.24) is 114 Å². The molecule has 5 aliphatic rings. The van der Waals surface area contributed by atoms with Crippen LogP contribution in [-0.2, 0) is 17.6 Å². The maximum atomic E-state index is 13.0. The second-order valence-corrected chi connectivity index (χ2v) is 33.6. The molecule has 20 rings (SSSR count). The number of anilines is 15. The van der Waals surface area contributed by atoms with Crippen LogP contribution in [0.1, 0.15) is 88.6 Å². The Labute approximate surface area is 807 Å². The van der Waals surface area contributed by atoms with Crippen LogP contribution in [0.4, 0.5) is 86.0 Å². The van der Waals surface area contributed by atoms with Crippen LogP contribution in [0.25, 0.3) is 28.2 Å². The fourth-order valence-electron chi connectivity index (χ4n) is 16.4. The molecular formula is C88H97Cl3N42O6. The number of nitrogens with one attached hydrogen (secondary N) is 8. The lowest BCUT2D eigenvalue weighted by Gasteiger charge is -2.34. The summed E-state index contributed by atoms with van der Waals surface area (Å²) >= 11 is 17.8. The van der Waals surface area contributed by atoms with Gasteiger partial charge in [-0.25, -0.2) is 47.5 Å². The summed E-state index contributed by atoms with van der Waals surface area (Å²) in [6.07, 6.45) is 36.2. The van der Waals surface area contributed by atoms with Crippen molar-refractivity contribution in [2.75, 3.05) is 192 Å². The lowest BCUT2D eigenvalue weighted by atomic mass is 10.0. The Morgan fingerprint density at radius 3 is 0.978 bits per heavy atom. The highest BCUT2D eigenvalue weighted by Crippen LogP contribution is 2.36. The Hall–Kier alpha value is -16.2. The average molecular weight is 1950 g/mol. The third-order valence-electron chi connectivity index (χ3n) is 23.2. The Kier molecular flexibility index (Phi) is 30.4. The van der Waals surface area contributed by atoms with Crippen molar-refractivity contribution in [2.24, 2.45) is 11.5 Å². The van der Waals surface area contributed by atoms with Crippen LogP contribution in [0, 0.1) is 22.7 Å². The quantitative estimate of drug-likeness (QED) is 0.0507. The van der Waals surface area contributed by atoms with Gasteiger partial charge < -0.3 is 112 Å². The summed E-state index contributed by atoms with van der Waals surface area (Å²) in [6, 6.07) is 14.2. The van der Waals surface area contributed by atoms with E-state index in [-0.39, 0.29) is 87.8 Å². The van der Waals surface area contributed by atoms with E-state index in [0.29, 0.717) is 115 Å². The van der Waals surface area contributed by atoms with E-state index >= 15 is 0 Å². The zero-order valence-corrected chi connectivity index (χ0v) is 77.2. The van der Waals surface area contributed by atoms with Crippen molar-refractivity contribution < 1.29 is 28.7 Å². The molecule has 5 fully saturated rings. The van der Waals surface area contributed by atoms with Crippen molar-refractivity contribution >= 4 is 179 Å². The van der Waals surface area contributed by atoms with Crippen molar-refractivity contribution in [3.05, 3.63) is 208 Å². The van der Waals surface area contributed by atoms with Gasteiger partial charge in [0, 0.05) is 196 Å². The Bertz CT molecular complexity index is 7090. The number of nitrogen functional groups attached to an aromatic ring is 5. The molecular weight excluding hydrogens is 1850 g/mol. The molecule has 15 aromatic heterocycles. The van der Waals surface area contributed by atoms with Gasteiger partial charge in [-0.2, -0.15) is 10.5 Å². The number of pyridine rings is 5. The zero-order chi connectivity index (χ0) is 97.3. The summed E-state index contributed by atoms with van der Waals surface area (Å²) in [5.74, 6) is -1.65. The third-order valence-corrected chi connectivity index (χ3v) is 23.8. The molecule has 22 N–H and O–H groups in total. The second kappa shape index (κ2) is 44.1. The lowest BCUT2D eigenvalue weighted by molar-refractivity contribution is 0.0466. The summed E-state index contributed by atoms with van der Waals surface area (Å²) in [7, 11) is 1.99. The van der Waals surface area contributed by atoms with Crippen LogP contribution in [0.15, 0.2) is 154 Å². The number of nitriles is 2. The summed E-state index contributed by atoms with van der Waals surface area (Å²) in [5, 5.41) is 63.9. The van der Waals surface area contributed by atoms with Crippen molar-refractivity contribution in [3.63, 3.8) is 0 Å². The topological polar surface area (TPSA) is 652 Å². The molecule has 0 bridgehead atoms. The molecule has 716 valence electrons. The number of nitrogens with two attached hydrogens (primary N) is 7. The number of piperazine rings is 2. The number of ether oxygens (including phenoxy) is 1. The summed E-state index contributed by atoms with van der Waals surface area (Å²) in [5.41, 5.74) is 53.0. The maximum Gasteiger partial charge on any atom is 0.263 e. The maximum absolute atomic E-state index is 13.0. The molecule has 1 atom stereocenters. The number of aromatic nitrogens is 20. The summed E-state index contributed by atoms with van der Waals surface area (Å²) in [4.78, 5) is 117. The minimum absolute atomic E-state index is 0.0501. The summed E-state index contributed by atoms with van der Waals surface area (Å²) < 4.78 is 12.7. The first kappa shape index (κ1) is 95.9. The standard InChI is InChI=1S/C19H21N9O2.C18H21ClN8O.C18H19N9O.C17H19ClN8O.C16H17ClN8O/c20-3-1-12-8-24-18-16(17(22)26-28(18)10-12)19(29)25-14-9-23-4-2-15(14)27-5-6-30-13(7-21)11-27;1-21-12-3-6-26(7-4-12)14-2-5-22-9-13(14)24-18(28)15-16(20)25-27-10-11(19)8-23-17(15)27;19-3-1-12-9-23-17-15(16(20)25-27(17)11-12)18(28)24-13-10-22-4-2-14(13)26-7-5-21-6-8-26;18-10-7-22-16-14(15(20)24-26(16)9-10)17(27)23-12-8-21-4-1-13(12)25-5-2-11(19)3-6-25;17-10-7-21-15-13(14(18)23-25(15)9-10)16(26)22-11-8-20-2-1-12(11)24-5-3-19-4-6-24/h2,4,8-10,13H,1,5-7,11,21H2,(H2,22,26)(H,25,29);2,5,8-10,12,21H,3-4,6-7H2,1H3,(H2,20,25)(H,24,28);2,4,9-11,21H,1,5-8H2,(H2,20,25)(H,24,28);1,4,7-9,11H,2-3,5-6,19H2,(H2,20,24)(H,23,27);1-2,7-9,19H,3-6H2,(H2,18,23)(H,22,26). The van der Waals surface area contributed by atoms with Crippen molar-refractivity contribution in [3.8, 4) is 12.1 Å². The van der Waals surface area contributed by atoms with Crippen LogP contribution < -0.4 is 107 Å². The van der Waals surface area contributed by atoms with Gasteiger partial charge in [0.25, 0.3) is 29.5 Å². The molecule has 0 spiro atoms. The van der Waals surface area contributed by atoms with Gasteiger partial charge in [-0.15, -0.1) is 25.5 Å². The molecule has 15 aromatic rings. The molecule has 5 aliphatic heterocycles. The van der Waals surface area contributed by atoms with Gasteiger partial charge in [0.15, 0.2) is 57.3 Å². The number of hydrogen-bond donors (Lipinski definition) is 15. The van der Waals surface area contributed by atoms with Gasteiger partial charge in [-0.3, -0.25) is 48.9 Å². The number of piperidine rings is 2.